The van der Waals surface area contributed by atoms with E-state index in [-0.39, 0.29) is 18.7 Å². The highest BCUT2D eigenvalue weighted by molar-refractivity contribution is 5.84. The average molecular weight is 416 g/mol. The van der Waals surface area contributed by atoms with E-state index in [1.165, 1.54) is 38.2 Å². The lowest BCUT2D eigenvalue weighted by molar-refractivity contribution is -0.165. The molecule has 0 radical (unpaired) electrons. The van der Waals surface area contributed by atoms with Gasteiger partial charge in [0.1, 0.15) is 5.60 Å². The van der Waals surface area contributed by atoms with Crippen LogP contribution in [-0.2, 0) is 23.8 Å². The van der Waals surface area contributed by atoms with Crippen molar-refractivity contribution in [2.24, 2.45) is 0 Å². The summed E-state index contributed by atoms with van der Waals surface area (Å²) in [6.45, 7) is 9.25. The molecule has 0 bridgehead atoms. The molecule has 0 heterocycles. The second-order valence-corrected chi connectivity index (χ2v) is 8.51. The molecule has 0 saturated carbocycles. The molecule has 2 unspecified atom stereocenters. The van der Waals surface area contributed by atoms with Crippen molar-refractivity contribution in [3.05, 3.63) is 0 Å². The molecule has 0 spiro atoms. The van der Waals surface area contributed by atoms with E-state index in [0.29, 0.717) is 6.42 Å². The number of hydrogen-bond acceptors (Lipinski definition) is 6. The normalized spacial score (nSPS) is 13.5. The number of amides is 1. The molecule has 2 atom stereocenters. The molecule has 0 fully saturated rings. The summed E-state index contributed by atoms with van der Waals surface area (Å²) in [7, 11) is 3.01. The Morgan fingerprint density at radius 3 is 2.03 bits per heavy atom. The minimum absolute atomic E-state index is 0.160. The van der Waals surface area contributed by atoms with Gasteiger partial charge in [0.25, 0.3) is 0 Å². The minimum Gasteiger partial charge on any atom is -0.452 e. The molecule has 0 rings (SSSR count). The van der Waals surface area contributed by atoms with Crippen LogP contribution >= 0.6 is 0 Å². The smallest absolute Gasteiger partial charge is 0.410 e. The molecule has 0 saturated heterocycles. The summed E-state index contributed by atoms with van der Waals surface area (Å²) in [6.07, 6.45) is 5.34. The number of esters is 1. The van der Waals surface area contributed by atoms with E-state index in [1.807, 2.05) is 0 Å². The Morgan fingerprint density at radius 2 is 1.52 bits per heavy atom. The quantitative estimate of drug-likeness (QED) is 0.307. The SMILES string of the molecule is CCCCCCCCC(OC(=O)C(CCN(C)C(=O)OC(C)(C)C)OC)C(C)=O. The number of ether oxygens (including phenoxy) is 3. The van der Waals surface area contributed by atoms with Crippen molar-refractivity contribution in [2.45, 2.75) is 104 Å². The first-order chi connectivity index (χ1) is 13.5. The molecule has 0 aromatic rings. The molecule has 7 heteroatoms. The number of carbonyl (C=O) groups is 3. The van der Waals surface area contributed by atoms with Gasteiger partial charge in [-0.25, -0.2) is 9.59 Å². The number of carbonyl (C=O) groups excluding carboxylic acids is 3. The highest BCUT2D eigenvalue weighted by Crippen LogP contribution is 2.14. The van der Waals surface area contributed by atoms with E-state index in [9.17, 15) is 14.4 Å². The first-order valence-corrected chi connectivity index (χ1v) is 10.7. The Kier molecular flexibility index (Phi) is 13.6. The van der Waals surface area contributed by atoms with Crippen molar-refractivity contribution >= 4 is 17.8 Å². The Bertz CT molecular complexity index is 500. The van der Waals surface area contributed by atoms with Gasteiger partial charge in [-0.3, -0.25) is 4.79 Å². The van der Waals surface area contributed by atoms with E-state index < -0.39 is 29.9 Å². The first-order valence-electron chi connectivity index (χ1n) is 10.7. The monoisotopic (exact) mass is 415 g/mol. The van der Waals surface area contributed by atoms with E-state index >= 15 is 0 Å². The minimum atomic E-state index is -0.841. The van der Waals surface area contributed by atoms with Crippen LogP contribution in [0, 0.1) is 0 Å². The zero-order valence-corrected chi connectivity index (χ0v) is 19.4. The summed E-state index contributed by atoms with van der Waals surface area (Å²) >= 11 is 0. The van der Waals surface area contributed by atoms with Crippen LogP contribution in [0.5, 0.6) is 0 Å². The predicted octanol–water partition coefficient (Wildman–Crippen LogP) is 4.51. The van der Waals surface area contributed by atoms with E-state index in [0.717, 1.165) is 19.3 Å². The average Bonchev–Trinajstić information content (AvgIpc) is 2.62. The molecule has 0 aliphatic rings. The number of methoxy groups -OCH3 is 1. The Labute approximate surface area is 176 Å². The molecule has 170 valence electrons. The highest BCUT2D eigenvalue weighted by Gasteiger charge is 2.27. The fraction of sp³-hybridized carbons (Fsp3) is 0.864. The fourth-order valence-corrected chi connectivity index (χ4v) is 2.75. The summed E-state index contributed by atoms with van der Waals surface area (Å²) in [6, 6.07) is 0. The van der Waals surface area contributed by atoms with Gasteiger partial charge in [-0.2, -0.15) is 0 Å². The van der Waals surface area contributed by atoms with E-state index in [4.69, 9.17) is 14.2 Å². The Morgan fingerprint density at radius 1 is 0.931 bits per heavy atom. The van der Waals surface area contributed by atoms with Crippen LogP contribution in [0.4, 0.5) is 4.79 Å². The first kappa shape index (κ1) is 27.4. The van der Waals surface area contributed by atoms with Gasteiger partial charge < -0.3 is 19.1 Å². The zero-order valence-electron chi connectivity index (χ0n) is 19.4. The number of rotatable bonds is 14. The van der Waals surface area contributed by atoms with Crippen molar-refractivity contribution in [1.29, 1.82) is 0 Å². The number of hydrogen-bond donors (Lipinski definition) is 0. The van der Waals surface area contributed by atoms with Crippen molar-refractivity contribution in [1.82, 2.24) is 4.90 Å². The summed E-state index contributed by atoms with van der Waals surface area (Å²) in [5, 5.41) is 0. The topological polar surface area (TPSA) is 82.1 Å². The van der Waals surface area contributed by atoms with Gasteiger partial charge in [0.15, 0.2) is 18.0 Å². The van der Waals surface area contributed by atoms with Crippen LogP contribution in [0.1, 0.15) is 86.0 Å². The Balaban J connectivity index is 4.50. The standard InChI is InChI=1S/C22H41NO6/c1-8-9-10-11-12-13-14-18(17(2)24)28-20(25)19(27-7)15-16-23(6)21(26)29-22(3,4)5/h18-19H,8-16H2,1-7H3. The zero-order chi connectivity index (χ0) is 22.4. The molecule has 0 aliphatic carbocycles. The maximum Gasteiger partial charge on any atom is 0.410 e. The molecule has 1 amide bonds. The predicted molar refractivity (Wildman–Crippen MR) is 113 cm³/mol. The van der Waals surface area contributed by atoms with Gasteiger partial charge in [-0.15, -0.1) is 0 Å². The molecule has 29 heavy (non-hydrogen) atoms. The Hall–Kier alpha value is -1.63. The van der Waals surface area contributed by atoms with Crippen LogP contribution in [0.15, 0.2) is 0 Å². The van der Waals surface area contributed by atoms with Crippen LogP contribution in [-0.4, -0.2) is 61.3 Å². The maximum absolute atomic E-state index is 12.4. The van der Waals surface area contributed by atoms with Crippen LogP contribution < -0.4 is 0 Å². The molecule has 0 aliphatic heterocycles. The summed E-state index contributed by atoms with van der Waals surface area (Å²) in [5.41, 5.74) is -0.587. The lowest BCUT2D eigenvalue weighted by Crippen LogP contribution is -2.38. The van der Waals surface area contributed by atoms with Crippen molar-refractivity contribution in [3.63, 3.8) is 0 Å². The van der Waals surface area contributed by atoms with Gasteiger partial charge in [-0.1, -0.05) is 39.0 Å². The highest BCUT2D eigenvalue weighted by atomic mass is 16.6. The van der Waals surface area contributed by atoms with Crippen molar-refractivity contribution in [3.8, 4) is 0 Å². The molecule has 0 aromatic heterocycles. The van der Waals surface area contributed by atoms with Crippen molar-refractivity contribution in [2.75, 3.05) is 20.7 Å². The lowest BCUT2D eigenvalue weighted by atomic mass is 10.1. The molecule has 7 nitrogen and oxygen atoms in total. The van der Waals surface area contributed by atoms with Gasteiger partial charge in [0.2, 0.25) is 0 Å². The van der Waals surface area contributed by atoms with Crippen LogP contribution in [0.2, 0.25) is 0 Å². The number of Topliss-reactive ketones (excluding diaryl/α,β-unsaturated/α-hetero) is 1. The maximum atomic E-state index is 12.4. The van der Waals surface area contributed by atoms with Gasteiger partial charge in [0.05, 0.1) is 0 Å². The third kappa shape index (κ3) is 13.3. The van der Waals surface area contributed by atoms with Crippen molar-refractivity contribution < 1.29 is 28.6 Å². The van der Waals surface area contributed by atoms with Gasteiger partial charge in [0, 0.05) is 27.1 Å². The molecule has 0 N–H and O–H groups in total. The largest absolute Gasteiger partial charge is 0.452 e. The summed E-state index contributed by atoms with van der Waals surface area (Å²) in [5.74, 6) is -0.732. The van der Waals surface area contributed by atoms with Crippen LogP contribution in [0.3, 0.4) is 0 Å². The summed E-state index contributed by atoms with van der Waals surface area (Å²) < 4.78 is 15.9. The number of ketones is 1. The lowest BCUT2D eigenvalue weighted by Gasteiger charge is -2.26. The second-order valence-electron chi connectivity index (χ2n) is 8.51. The number of nitrogens with zero attached hydrogens (tertiary/aromatic N) is 1. The second kappa shape index (κ2) is 14.4. The van der Waals surface area contributed by atoms with Gasteiger partial charge in [-0.05, 0) is 40.5 Å². The number of unbranched alkanes of at least 4 members (excludes halogenated alkanes) is 5. The summed E-state index contributed by atoms with van der Waals surface area (Å²) in [4.78, 5) is 37.7. The van der Waals surface area contributed by atoms with Gasteiger partial charge >= 0.3 is 12.1 Å². The van der Waals surface area contributed by atoms with E-state index in [2.05, 4.69) is 6.92 Å². The third-order valence-electron chi connectivity index (χ3n) is 4.51. The fourth-order valence-electron chi connectivity index (χ4n) is 2.75. The van der Waals surface area contributed by atoms with Crippen LogP contribution in [0.25, 0.3) is 0 Å². The van der Waals surface area contributed by atoms with E-state index in [1.54, 1.807) is 27.8 Å². The molecular formula is C22H41NO6. The molecule has 0 aromatic carbocycles. The molecular weight excluding hydrogens is 374 g/mol. The third-order valence-corrected chi connectivity index (χ3v) is 4.51.